The Bertz CT molecular complexity index is 1110. The van der Waals surface area contributed by atoms with Crippen molar-refractivity contribution in [2.24, 2.45) is 0 Å². The van der Waals surface area contributed by atoms with E-state index >= 15 is 0 Å². The number of aromatic amines is 1. The maximum absolute atomic E-state index is 12.9. The number of para-hydroxylation sites is 1. The monoisotopic (exact) mass is 390 g/mol. The summed E-state index contributed by atoms with van der Waals surface area (Å²) in [6.07, 6.45) is 2.42. The highest BCUT2D eigenvalue weighted by Crippen LogP contribution is 2.30. The molecule has 1 aliphatic heterocycles. The first kappa shape index (κ1) is 18.8. The normalized spacial score (nSPS) is 14.5. The van der Waals surface area contributed by atoms with Gasteiger partial charge in [-0.15, -0.1) is 0 Å². The van der Waals surface area contributed by atoms with E-state index in [1.807, 2.05) is 44.3 Å². The van der Waals surface area contributed by atoms with Crippen LogP contribution in [0.3, 0.4) is 0 Å². The van der Waals surface area contributed by atoms with Gasteiger partial charge in [0.2, 0.25) is 0 Å². The molecule has 6 nitrogen and oxygen atoms in total. The largest absolute Gasteiger partial charge is 0.502 e. The van der Waals surface area contributed by atoms with E-state index in [9.17, 15) is 14.7 Å². The molecule has 3 aromatic rings. The molecule has 0 spiro atoms. The summed E-state index contributed by atoms with van der Waals surface area (Å²) >= 11 is 0. The predicted octanol–water partition coefficient (Wildman–Crippen LogP) is 3.84. The smallest absolute Gasteiger partial charge is 0.296 e. The van der Waals surface area contributed by atoms with Crippen molar-refractivity contribution in [3.05, 3.63) is 71.6 Å². The van der Waals surface area contributed by atoms with Crippen molar-refractivity contribution < 1.29 is 19.4 Å². The lowest BCUT2D eigenvalue weighted by molar-refractivity contribution is -0.138. The lowest BCUT2D eigenvalue weighted by atomic mass is 10.1. The number of hydrogen-bond acceptors (Lipinski definition) is 4. The van der Waals surface area contributed by atoms with E-state index in [2.05, 4.69) is 4.98 Å². The number of fused-ring (bicyclic) bond motifs is 1. The van der Waals surface area contributed by atoms with Gasteiger partial charge in [-0.1, -0.05) is 30.3 Å². The average molecular weight is 390 g/mol. The molecule has 0 radical (unpaired) electrons. The van der Waals surface area contributed by atoms with E-state index in [4.69, 9.17) is 4.74 Å². The number of imide groups is 1. The minimum atomic E-state index is -0.660. The summed E-state index contributed by atoms with van der Waals surface area (Å²) in [5, 5.41) is 11.4. The molecule has 2 amide bonds. The van der Waals surface area contributed by atoms with Gasteiger partial charge in [0.25, 0.3) is 11.8 Å². The first-order chi connectivity index (χ1) is 14.0. The topological polar surface area (TPSA) is 82.6 Å². The second kappa shape index (κ2) is 7.47. The second-order valence-corrected chi connectivity index (χ2v) is 7.29. The zero-order valence-corrected chi connectivity index (χ0v) is 16.3. The number of nitrogens with one attached hydrogen (secondary N) is 1. The van der Waals surface area contributed by atoms with E-state index in [0.29, 0.717) is 17.7 Å². The quantitative estimate of drug-likeness (QED) is 0.627. The van der Waals surface area contributed by atoms with Crippen LogP contribution in [0.1, 0.15) is 25.0 Å². The molecule has 148 valence electrons. The van der Waals surface area contributed by atoms with Gasteiger partial charge in [0.1, 0.15) is 5.75 Å². The van der Waals surface area contributed by atoms with Crippen LogP contribution in [0.15, 0.2) is 60.5 Å². The molecule has 4 rings (SSSR count). The number of carbonyl (C=O) groups excluding carboxylic acids is 2. The number of carbonyl (C=O) groups is 2. The van der Waals surface area contributed by atoms with Crippen LogP contribution >= 0.6 is 0 Å². The number of amides is 2. The standard InChI is InChI=1S/C23H22N2O4/c1-14(2)29-17-9-7-15(8-10-17)20-21(26)23(28)25(22(20)27)12-11-16-13-24-19-6-4-3-5-18(16)19/h3-10,13-14,24,26H,11-12H2,1-2H3. The van der Waals surface area contributed by atoms with Crippen LogP contribution in [-0.4, -0.2) is 39.5 Å². The Kier molecular flexibility index (Phi) is 4.84. The van der Waals surface area contributed by atoms with Crippen molar-refractivity contribution in [2.75, 3.05) is 6.54 Å². The summed E-state index contributed by atoms with van der Waals surface area (Å²) < 4.78 is 5.60. The van der Waals surface area contributed by atoms with Gasteiger partial charge in [-0.2, -0.15) is 0 Å². The van der Waals surface area contributed by atoms with Gasteiger partial charge in [-0.3, -0.25) is 14.5 Å². The van der Waals surface area contributed by atoms with Crippen LogP contribution in [-0.2, 0) is 16.0 Å². The number of H-pyrrole nitrogens is 1. The number of rotatable bonds is 6. The van der Waals surface area contributed by atoms with Crippen LogP contribution in [0, 0.1) is 0 Å². The van der Waals surface area contributed by atoms with Gasteiger partial charge in [0.05, 0.1) is 11.7 Å². The number of aliphatic hydroxyl groups excluding tert-OH is 1. The molecule has 1 aromatic heterocycles. The number of nitrogens with zero attached hydrogens (tertiary/aromatic N) is 1. The summed E-state index contributed by atoms with van der Waals surface area (Å²) in [5.74, 6) is -0.986. The lowest BCUT2D eigenvalue weighted by Crippen LogP contribution is -2.33. The number of hydrogen-bond donors (Lipinski definition) is 2. The molecule has 0 aliphatic carbocycles. The molecule has 2 heterocycles. The van der Waals surface area contributed by atoms with Crippen LogP contribution in [0.2, 0.25) is 0 Å². The van der Waals surface area contributed by atoms with Crippen LogP contribution in [0.25, 0.3) is 16.5 Å². The minimum Gasteiger partial charge on any atom is -0.502 e. The van der Waals surface area contributed by atoms with E-state index in [1.54, 1.807) is 24.3 Å². The fourth-order valence-electron chi connectivity index (χ4n) is 3.57. The Hall–Kier alpha value is -3.54. The lowest BCUT2D eigenvalue weighted by Gasteiger charge is -2.14. The third-order valence-electron chi connectivity index (χ3n) is 4.94. The molecular formula is C23H22N2O4. The predicted molar refractivity (Wildman–Crippen MR) is 110 cm³/mol. The Morgan fingerprint density at radius 1 is 1.03 bits per heavy atom. The third kappa shape index (κ3) is 3.49. The summed E-state index contributed by atoms with van der Waals surface area (Å²) in [7, 11) is 0. The fourth-order valence-corrected chi connectivity index (χ4v) is 3.57. The van der Waals surface area contributed by atoms with Crippen LogP contribution < -0.4 is 4.74 Å². The second-order valence-electron chi connectivity index (χ2n) is 7.29. The van der Waals surface area contributed by atoms with Crippen molar-refractivity contribution in [1.29, 1.82) is 0 Å². The van der Waals surface area contributed by atoms with Crippen molar-refractivity contribution >= 4 is 28.3 Å². The Morgan fingerprint density at radius 3 is 2.48 bits per heavy atom. The van der Waals surface area contributed by atoms with E-state index in [1.165, 1.54) is 0 Å². The van der Waals surface area contributed by atoms with E-state index in [-0.39, 0.29) is 18.2 Å². The van der Waals surface area contributed by atoms with Gasteiger partial charge >= 0.3 is 0 Å². The maximum atomic E-state index is 12.9. The van der Waals surface area contributed by atoms with Crippen LogP contribution in [0.5, 0.6) is 5.75 Å². The highest BCUT2D eigenvalue weighted by molar-refractivity contribution is 6.34. The highest BCUT2D eigenvalue weighted by atomic mass is 16.5. The van der Waals surface area contributed by atoms with Gasteiger partial charge in [-0.05, 0) is 49.6 Å². The number of ether oxygens (including phenoxy) is 1. The molecule has 6 heteroatoms. The Morgan fingerprint density at radius 2 is 1.76 bits per heavy atom. The first-order valence-electron chi connectivity index (χ1n) is 9.57. The molecule has 1 aliphatic rings. The molecule has 0 atom stereocenters. The van der Waals surface area contributed by atoms with E-state index < -0.39 is 17.6 Å². The molecule has 0 fully saturated rings. The summed E-state index contributed by atoms with van der Waals surface area (Å²) in [6.45, 7) is 4.04. The zero-order chi connectivity index (χ0) is 20.5. The Labute approximate surface area is 168 Å². The number of aliphatic hydroxyl groups is 1. The van der Waals surface area contributed by atoms with Gasteiger partial charge in [0, 0.05) is 23.6 Å². The molecule has 2 N–H and O–H groups in total. The fraction of sp³-hybridized carbons (Fsp3) is 0.217. The molecule has 0 saturated carbocycles. The highest BCUT2D eigenvalue weighted by Gasteiger charge is 2.38. The van der Waals surface area contributed by atoms with E-state index in [0.717, 1.165) is 21.4 Å². The van der Waals surface area contributed by atoms with Crippen molar-refractivity contribution in [1.82, 2.24) is 9.88 Å². The molecule has 2 aromatic carbocycles. The van der Waals surface area contributed by atoms with Gasteiger partial charge in [-0.25, -0.2) is 0 Å². The van der Waals surface area contributed by atoms with Gasteiger partial charge < -0.3 is 14.8 Å². The number of benzene rings is 2. The molecule has 0 saturated heterocycles. The maximum Gasteiger partial charge on any atom is 0.296 e. The molecule has 0 unspecified atom stereocenters. The zero-order valence-electron chi connectivity index (χ0n) is 16.3. The summed E-state index contributed by atoms with van der Waals surface area (Å²) in [4.78, 5) is 29.7. The summed E-state index contributed by atoms with van der Waals surface area (Å²) in [5.41, 5.74) is 2.55. The third-order valence-corrected chi connectivity index (χ3v) is 4.94. The average Bonchev–Trinajstić information content (AvgIpc) is 3.20. The van der Waals surface area contributed by atoms with Crippen molar-refractivity contribution in [3.8, 4) is 5.75 Å². The summed E-state index contributed by atoms with van der Waals surface area (Å²) in [6, 6.07) is 14.7. The first-order valence-corrected chi connectivity index (χ1v) is 9.57. The molecule has 29 heavy (non-hydrogen) atoms. The molecular weight excluding hydrogens is 368 g/mol. The van der Waals surface area contributed by atoms with Crippen molar-refractivity contribution in [3.63, 3.8) is 0 Å². The molecule has 0 bridgehead atoms. The SMILES string of the molecule is CC(C)Oc1ccc(C2=C(O)C(=O)N(CCc3c[nH]c4ccccc34)C2=O)cc1. The van der Waals surface area contributed by atoms with Crippen LogP contribution in [0.4, 0.5) is 0 Å². The van der Waals surface area contributed by atoms with Gasteiger partial charge in [0.15, 0.2) is 5.76 Å². The minimum absolute atomic E-state index is 0.0307. The number of aromatic nitrogens is 1. The Balaban J connectivity index is 1.51. The van der Waals surface area contributed by atoms with Crippen molar-refractivity contribution in [2.45, 2.75) is 26.4 Å².